The Morgan fingerprint density at radius 1 is 0.962 bits per heavy atom. The summed E-state index contributed by atoms with van der Waals surface area (Å²) in [6, 6.07) is 21.5. The van der Waals surface area contributed by atoms with Crippen LogP contribution < -0.4 is 4.90 Å². The maximum Gasteiger partial charge on any atom is 0.258 e. The topological polar surface area (TPSA) is 46.3 Å². The summed E-state index contributed by atoms with van der Waals surface area (Å²) in [7, 11) is 0. The highest BCUT2D eigenvalue weighted by atomic mass is 16.3. The Labute approximate surface area is 150 Å². The Morgan fingerprint density at radius 2 is 1.73 bits per heavy atom. The van der Waals surface area contributed by atoms with E-state index < -0.39 is 0 Å². The molecule has 2 heterocycles. The van der Waals surface area contributed by atoms with Gasteiger partial charge in [-0.15, -0.1) is 0 Å². The van der Waals surface area contributed by atoms with Crippen LogP contribution in [0, 0.1) is 6.92 Å². The van der Waals surface area contributed by atoms with Crippen LogP contribution in [-0.4, -0.2) is 10.9 Å². The molecular weight excluding hydrogens is 324 g/mol. The Kier molecular flexibility index (Phi) is 3.19. The number of aryl methyl sites for hydroxylation is 1. The number of fused-ring (bicyclic) bond motifs is 2. The molecule has 4 heteroatoms. The van der Waals surface area contributed by atoms with Gasteiger partial charge in [0.25, 0.3) is 5.91 Å². The van der Waals surface area contributed by atoms with E-state index in [1.807, 2.05) is 73.7 Å². The van der Waals surface area contributed by atoms with E-state index in [-0.39, 0.29) is 5.91 Å². The van der Waals surface area contributed by atoms with Crippen LogP contribution in [0.5, 0.6) is 0 Å². The highest BCUT2D eigenvalue weighted by molar-refractivity contribution is 6.10. The smallest absolute Gasteiger partial charge is 0.258 e. The second-order valence-corrected chi connectivity index (χ2v) is 6.53. The molecule has 1 aliphatic heterocycles. The van der Waals surface area contributed by atoms with E-state index in [0.29, 0.717) is 18.0 Å². The van der Waals surface area contributed by atoms with E-state index >= 15 is 0 Å². The average Bonchev–Trinajstić information content (AvgIpc) is 3.23. The number of nitrogens with zero attached hydrogens (tertiary/aromatic N) is 2. The molecule has 4 nitrogen and oxygen atoms in total. The van der Waals surface area contributed by atoms with Crippen molar-refractivity contribution >= 4 is 22.7 Å². The third-order valence-electron chi connectivity index (χ3n) is 4.88. The molecule has 4 aromatic rings. The minimum atomic E-state index is 0.0265. The van der Waals surface area contributed by atoms with Crippen molar-refractivity contribution in [2.24, 2.45) is 0 Å². The summed E-state index contributed by atoms with van der Waals surface area (Å²) >= 11 is 0. The fraction of sp³-hybridized carbons (Fsp3) is 0.0909. The SMILES string of the molecule is Cc1ccccc1-c1nc2ccc(N3Cc4ccccc4C3=O)cc2o1. The predicted octanol–water partition coefficient (Wildman–Crippen LogP) is 4.96. The van der Waals surface area contributed by atoms with Crippen LogP contribution in [-0.2, 0) is 6.54 Å². The summed E-state index contributed by atoms with van der Waals surface area (Å²) in [5.41, 5.74) is 6.22. The molecule has 126 valence electrons. The van der Waals surface area contributed by atoms with Crippen molar-refractivity contribution in [1.29, 1.82) is 0 Å². The summed E-state index contributed by atoms with van der Waals surface area (Å²) < 4.78 is 6.00. The molecule has 0 saturated heterocycles. The van der Waals surface area contributed by atoms with Gasteiger partial charge in [0, 0.05) is 22.9 Å². The summed E-state index contributed by atoms with van der Waals surface area (Å²) in [6.45, 7) is 2.62. The van der Waals surface area contributed by atoms with Gasteiger partial charge >= 0.3 is 0 Å². The second kappa shape index (κ2) is 5.56. The lowest BCUT2D eigenvalue weighted by molar-refractivity contribution is 0.0996. The molecule has 0 aliphatic carbocycles. The Hall–Kier alpha value is -3.40. The summed E-state index contributed by atoms with van der Waals surface area (Å²) in [4.78, 5) is 19.1. The third-order valence-corrected chi connectivity index (χ3v) is 4.88. The Balaban J connectivity index is 1.56. The number of anilines is 1. The maximum absolute atomic E-state index is 12.7. The van der Waals surface area contributed by atoms with E-state index in [0.717, 1.165) is 33.5 Å². The summed E-state index contributed by atoms with van der Waals surface area (Å²) in [5.74, 6) is 0.630. The van der Waals surface area contributed by atoms with E-state index in [4.69, 9.17) is 4.42 Å². The number of amides is 1. The van der Waals surface area contributed by atoms with Crippen LogP contribution in [0.15, 0.2) is 71.1 Å². The molecule has 5 rings (SSSR count). The van der Waals surface area contributed by atoms with Crippen LogP contribution in [0.3, 0.4) is 0 Å². The van der Waals surface area contributed by atoms with Crippen molar-refractivity contribution in [3.63, 3.8) is 0 Å². The minimum Gasteiger partial charge on any atom is -0.436 e. The molecular formula is C22H16N2O2. The van der Waals surface area contributed by atoms with Gasteiger partial charge in [-0.3, -0.25) is 4.79 Å². The first-order chi connectivity index (χ1) is 12.7. The van der Waals surface area contributed by atoms with Gasteiger partial charge in [-0.05, 0) is 42.3 Å². The first-order valence-electron chi connectivity index (χ1n) is 8.57. The average molecular weight is 340 g/mol. The molecule has 3 aromatic carbocycles. The van der Waals surface area contributed by atoms with Crippen molar-refractivity contribution in [3.05, 3.63) is 83.4 Å². The van der Waals surface area contributed by atoms with Gasteiger partial charge in [0.15, 0.2) is 5.58 Å². The molecule has 1 aromatic heterocycles. The molecule has 0 N–H and O–H groups in total. The number of hydrogen-bond acceptors (Lipinski definition) is 3. The largest absolute Gasteiger partial charge is 0.436 e. The highest BCUT2D eigenvalue weighted by Crippen LogP contribution is 2.32. The van der Waals surface area contributed by atoms with Crippen molar-refractivity contribution in [3.8, 4) is 11.5 Å². The lowest BCUT2D eigenvalue weighted by atomic mass is 10.1. The van der Waals surface area contributed by atoms with Crippen LogP contribution in [0.2, 0.25) is 0 Å². The molecule has 0 atom stereocenters. The quantitative estimate of drug-likeness (QED) is 0.518. The van der Waals surface area contributed by atoms with Gasteiger partial charge in [0.05, 0.1) is 6.54 Å². The molecule has 0 unspecified atom stereocenters. The molecule has 0 spiro atoms. The van der Waals surface area contributed by atoms with Crippen LogP contribution in [0.25, 0.3) is 22.6 Å². The minimum absolute atomic E-state index is 0.0265. The number of rotatable bonds is 2. The second-order valence-electron chi connectivity index (χ2n) is 6.53. The van der Waals surface area contributed by atoms with Crippen LogP contribution in [0.4, 0.5) is 5.69 Å². The number of oxazole rings is 1. The Morgan fingerprint density at radius 3 is 2.54 bits per heavy atom. The van der Waals surface area contributed by atoms with E-state index in [2.05, 4.69) is 4.98 Å². The van der Waals surface area contributed by atoms with Crippen molar-refractivity contribution in [2.75, 3.05) is 4.90 Å². The van der Waals surface area contributed by atoms with Crippen LogP contribution >= 0.6 is 0 Å². The van der Waals surface area contributed by atoms with E-state index in [1.54, 1.807) is 4.90 Å². The number of benzene rings is 3. The lowest BCUT2D eigenvalue weighted by Crippen LogP contribution is -2.22. The zero-order chi connectivity index (χ0) is 17.7. The van der Waals surface area contributed by atoms with Gasteiger partial charge in [-0.25, -0.2) is 4.98 Å². The van der Waals surface area contributed by atoms with Gasteiger partial charge in [0.1, 0.15) is 5.52 Å². The fourth-order valence-electron chi connectivity index (χ4n) is 3.47. The molecule has 0 bridgehead atoms. The Bertz CT molecular complexity index is 1160. The summed E-state index contributed by atoms with van der Waals surface area (Å²) in [6.07, 6.45) is 0. The zero-order valence-corrected chi connectivity index (χ0v) is 14.3. The first kappa shape index (κ1) is 14.9. The lowest BCUT2D eigenvalue weighted by Gasteiger charge is -2.15. The fourth-order valence-corrected chi connectivity index (χ4v) is 3.47. The van der Waals surface area contributed by atoms with Crippen molar-refractivity contribution in [2.45, 2.75) is 13.5 Å². The molecule has 1 amide bonds. The third kappa shape index (κ3) is 2.23. The first-order valence-corrected chi connectivity index (χ1v) is 8.57. The normalized spacial score (nSPS) is 13.4. The number of aromatic nitrogens is 1. The summed E-state index contributed by atoms with van der Waals surface area (Å²) in [5, 5.41) is 0. The number of hydrogen-bond donors (Lipinski definition) is 0. The monoisotopic (exact) mass is 340 g/mol. The van der Waals surface area contributed by atoms with Gasteiger partial charge in [0.2, 0.25) is 5.89 Å². The molecule has 0 fully saturated rings. The van der Waals surface area contributed by atoms with Crippen LogP contribution in [0.1, 0.15) is 21.5 Å². The molecule has 0 radical (unpaired) electrons. The van der Waals surface area contributed by atoms with Crippen molar-refractivity contribution in [1.82, 2.24) is 4.98 Å². The number of carbonyl (C=O) groups excluding carboxylic acids is 1. The highest BCUT2D eigenvalue weighted by Gasteiger charge is 2.28. The molecule has 0 saturated carbocycles. The van der Waals surface area contributed by atoms with Gasteiger partial charge in [-0.2, -0.15) is 0 Å². The van der Waals surface area contributed by atoms with Crippen molar-refractivity contribution < 1.29 is 9.21 Å². The van der Waals surface area contributed by atoms with E-state index in [9.17, 15) is 4.79 Å². The zero-order valence-electron chi connectivity index (χ0n) is 14.3. The maximum atomic E-state index is 12.7. The molecule has 26 heavy (non-hydrogen) atoms. The van der Waals surface area contributed by atoms with E-state index in [1.165, 1.54) is 0 Å². The van der Waals surface area contributed by atoms with Gasteiger partial charge < -0.3 is 9.32 Å². The predicted molar refractivity (Wildman–Crippen MR) is 101 cm³/mol. The number of carbonyl (C=O) groups is 1. The molecule has 1 aliphatic rings. The standard InChI is InChI=1S/C22H16N2O2/c1-14-6-2-4-8-17(14)21-23-19-11-10-16(12-20(19)26-21)24-13-15-7-3-5-9-18(15)22(24)25/h2-12H,13H2,1H3. The van der Waals surface area contributed by atoms with Gasteiger partial charge in [-0.1, -0.05) is 36.4 Å².